The Bertz CT molecular complexity index is 91.6. The number of rotatable bonds is 7. The van der Waals surface area contributed by atoms with E-state index in [1.54, 1.807) is 0 Å². The minimum absolute atomic E-state index is 0.649. The van der Waals surface area contributed by atoms with Crippen LogP contribution in [0.25, 0.3) is 0 Å². The van der Waals surface area contributed by atoms with Crippen molar-refractivity contribution in [3.8, 4) is 0 Å². The van der Waals surface area contributed by atoms with E-state index in [0.29, 0.717) is 6.42 Å². The van der Waals surface area contributed by atoms with E-state index in [1.807, 2.05) is 0 Å². The van der Waals surface area contributed by atoms with Gasteiger partial charge in [-0.1, -0.05) is 32.8 Å². The van der Waals surface area contributed by atoms with Gasteiger partial charge in [0.1, 0.15) is 0 Å². The first-order valence-electron chi connectivity index (χ1n) is 4.25. The molecule has 0 rings (SSSR count). The standard InChI is InChI=1S/C9H18O2/c1-3-5-6-7-8-9(10)11-4-2/h4,9-10H,2-3,5-8H2,1H3. The lowest BCUT2D eigenvalue weighted by Gasteiger charge is -2.08. The van der Waals surface area contributed by atoms with Gasteiger partial charge in [-0.05, 0) is 6.42 Å². The number of hydrogen-bond donors (Lipinski definition) is 1. The number of hydrogen-bond acceptors (Lipinski definition) is 2. The summed E-state index contributed by atoms with van der Waals surface area (Å²) < 4.78 is 4.74. The highest BCUT2D eigenvalue weighted by Crippen LogP contribution is 2.05. The molecule has 1 N–H and O–H groups in total. The first kappa shape index (κ1) is 10.5. The van der Waals surface area contributed by atoms with Crippen LogP contribution in [0.15, 0.2) is 12.8 Å². The van der Waals surface area contributed by atoms with Crippen molar-refractivity contribution in [3.05, 3.63) is 12.8 Å². The molecular formula is C9H18O2. The molecule has 0 aromatic heterocycles. The number of ether oxygens (including phenoxy) is 1. The van der Waals surface area contributed by atoms with Crippen molar-refractivity contribution >= 4 is 0 Å². The van der Waals surface area contributed by atoms with Gasteiger partial charge in [0.25, 0.3) is 0 Å². The molecule has 0 fully saturated rings. The Kier molecular flexibility index (Phi) is 7.26. The highest BCUT2D eigenvalue weighted by Gasteiger charge is 2.00. The molecule has 1 atom stereocenters. The molecule has 0 aliphatic carbocycles. The van der Waals surface area contributed by atoms with Crippen molar-refractivity contribution in [2.24, 2.45) is 0 Å². The van der Waals surface area contributed by atoms with E-state index in [-0.39, 0.29) is 0 Å². The van der Waals surface area contributed by atoms with Gasteiger partial charge in [0.2, 0.25) is 0 Å². The lowest BCUT2D eigenvalue weighted by Crippen LogP contribution is -2.07. The van der Waals surface area contributed by atoms with Crippen molar-refractivity contribution in [1.82, 2.24) is 0 Å². The summed E-state index contributed by atoms with van der Waals surface area (Å²) in [7, 11) is 0. The quantitative estimate of drug-likeness (QED) is 0.350. The highest BCUT2D eigenvalue weighted by atomic mass is 16.6. The average Bonchev–Trinajstić information content (AvgIpc) is 1.99. The summed E-state index contributed by atoms with van der Waals surface area (Å²) in [5, 5.41) is 9.06. The lowest BCUT2D eigenvalue weighted by atomic mass is 10.1. The van der Waals surface area contributed by atoms with Crippen molar-refractivity contribution in [1.29, 1.82) is 0 Å². The first-order chi connectivity index (χ1) is 5.31. The summed E-state index contributed by atoms with van der Waals surface area (Å²) in [6.45, 7) is 5.53. The Hall–Kier alpha value is -0.500. The van der Waals surface area contributed by atoms with Gasteiger partial charge in [0.15, 0.2) is 6.29 Å². The molecule has 0 spiro atoms. The fourth-order valence-electron chi connectivity index (χ4n) is 0.925. The van der Waals surface area contributed by atoms with Crippen molar-refractivity contribution < 1.29 is 9.84 Å². The third-order valence-corrected chi connectivity index (χ3v) is 1.56. The molecule has 0 radical (unpaired) electrons. The maximum Gasteiger partial charge on any atom is 0.196 e. The highest BCUT2D eigenvalue weighted by molar-refractivity contribution is 4.52. The number of unbranched alkanes of at least 4 members (excludes halogenated alkanes) is 3. The van der Waals surface area contributed by atoms with E-state index in [2.05, 4.69) is 13.5 Å². The van der Waals surface area contributed by atoms with E-state index >= 15 is 0 Å². The molecule has 2 nitrogen and oxygen atoms in total. The van der Waals surface area contributed by atoms with Crippen LogP contribution in [0.2, 0.25) is 0 Å². The summed E-state index contributed by atoms with van der Waals surface area (Å²) in [6.07, 6.45) is 6.01. The first-order valence-corrected chi connectivity index (χ1v) is 4.25. The molecule has 66 valence electrons. The molecule has 1 unspecified atom stereocenters. The Morgan fingerprint density at radius 3 is 2.73 bits per heavy atom. The van der Waals surface area contributed by atoms with Crippen LogP contribution in [0, 0.1) is 0 Å². The van der Waals surface area contributed by atoms with Crippen LogP contribution < -0.4 is 0 Å². The lowest BCUT2D eigenvalue weighted by molar-refractivity contribution is -0.0569. The zero-order chi connectivity index (χ0) is 8.53. The summed E-state index contributed by atoms with van der Waals surface area (Å²) in [4.78, 5) is 0. The topological polar surface area (TPSA) is 29.5 Å². The average molecular weight is 158 g/mol. The predicted molar refractivity (Wildman–Crippen MR) is 46.0 cm³/mol. The second-order valence-electron chi connectivity index (χ2n) is 2.61. The second kappa shape index (κ2) is 7.61. The molecule has 2 heteroatoms. The summed E-state index contributed by atoms with van der Waals surface area (Å²) >= 11 is 0. The second-order valence-corrected chi connectivity index (χ2v) is 2.61. The molecule has 0 heterocycles. The maximum atomic E-state index is 9.06. The molecule has 0 saturated carbocycles. The van der Waals surface area contributed by atoms with E-state index < -0.39 is 6.29 Å². The van der Waals surface area contributed by atoms with E-state index in [9.17, 15) is 0 Å². The minimum Gasteiger partial charge on any atom is -0.473 e. The van der Waals surface area contributed by atoms with Gasteiger partial charge in [-0.25, -0.2) is 0 Å². The molecular weight excluding hydrogens is 140 g/mol. The third-order valence-electron chi connectivity index (χ3n) is 1.56. The van der Waals surface area contributed by atoms with E-state index in [4.69, 9.17) is 9.84 Å². The van der Waals surface area contributed by atoms with Crippen molar-refractivity contribution in [2.75, 3.05) is 0 Å². The van der Waals surface area contributed by atoms with Gasteiger partial charge in [-0.2, -0.15) is 0 Å². The summed E-state index contributed by atoms with van der Waals surface area (Å²) in [5.74, 6) is 0. The zero-order valence-electron chi connectivity index (χ0n) is 7.25. The van der Waals surface area contributed by atoms with Crippen molar-refractivity contribution in [2.45, 2.75) is 45.3 Å². The van der Waals surface area contributed by atoms with Crippen LogP contribution >= 0.6 is 0 Å². The largest absolute Gasteiger partial charge is 0.473 e. The van der Waals surface area contributed by atoms with Crippen LogP contribution in [0.3, 0.4) is 0 Å². The molecule has 0 saturated heterocycles. The maximum absolute atomic E-state index is 9.06. The number of aliphatic hydroxyl groups excluding tert-OH is 1. The Labute approximate surface area is 68.9 Å². The smallest absolute Gasteiger partial charge is 0.196 e. The summed E-state index contributed by atoms with van der Waals surface area (Å²) in [6, 6.07) is 0. The van der Waals surface area contributed by atoms with Crippen LogP contribution in [0.4, 0.5) is 0 Å². The minimum atomic E-state index is -0.649. The van der Waals surface area contributed by atoms with E-state index in [0.717, 1.165) is 6.42 Å². The van der Waals surface area contributed by atoms with Gasteiger partial charge >= 0.3 is 0 Å². The van der Waals surface area contributed by atoms with Crippen LogP contribution in [-0.4, -0.2) is 11.4 Å². The molecule has 0 bridgehead atoms. The molecule has 0 aliphatic rings. The normalized spacial score (nSPS) is 12.5. The van der Waals surface area contributed by atoms with Crippen molar-refractivity contribution in [3.63, 3.8) is 0 Å². The van der Waals surface area contributed by atoms with Gasteiger partial charge in [0, 0.05) is 6.42 Å². The SMILES string of the molecule is C=COC(O)CCCCCC. The predicted octanol–water partition coefficient (Wildman–Crippen LogP) is 2.44. The summed E-state index contributed by atoms with van der Waals surface area (Å²) in [5.41, 5.74) is 0. The van der Waals surface area contributed by atoms with Crippen LogP contribution in [0.5, 0.6) is 0 Å². The Morgan fingerprint density at radius 1 is 1.45 bits per heavy atom. The van der Waals surface area contributed by atoms with Crippen LogP contribution in [-0.2, 0) is 4.74 Å². The number of aliphatic hydroxyl groups is 1. The van der Waals surface area contributed by atoms with Gasteiger partial charge in [-0.3, -0.25) is 0 Å². The van der Waals surface area contributed by atoms with Crippen LogP contribution in [0.1, 0.15) is 39.0 Å². The van der Waals surface area contributed by atoms with E-state index in [1.165, 1.54) is 25.5 Å². The zero-order valence-corrected chi connectivity index (χ0v) is 7.25. The molecule has 0 aromatic carbocycles. The van der Waals surface area contributed by atoms with Gasteiger partial charge in [0.05, 0.1) is 6.26 Å². The van der Waals surface area contributed by atoms with Gasteiger partial charge in [-0.15, -0.1) is 0 Å². The fraction of sp³-hybridized carbons (Fsp3) is 0.778. The Morgan fingerprint density at radius 2 is 2.18 bits per heavy atom. The van der Waals surface area contributed by atoms with Gasteiger partial charge < -0.3 is 9.84 Å². The monoisotopic (exact) mass is 158 g/mol. The molecule has 0 aromatic rings. The molecule has 11 heavy (non-hydrogen) atoms. The Balaban J connectivity index is 3.03. The molecule has 0 amide bonds. The third kappa shape index (κ3) is 7.40. The molecule has 0 aliphatic heterocycles. The fourth-order valence-corrected chi connectivity index (χ4v) is 0.925.